The van der Waals surface area contributed by atoms with Crippen LogP contribution in [0.3, 0.4) is 0 Å². The van der Waals surface area contributed by atoms with Crippen molar-refractivity contribution in [2.75, 3.05) is 6.61 Å². The van der Waals surface area contributed by atoms with E-state index >= 15 is 0 Å². The van der Waals surface area contributed by atoms with E-state index in [9.17, 15) is 9.90 Å². The summed E-state index contributed by atoms with van der Waals surface area (Å²) < 4.78 is 0. The van der Waals surface area contributed by atoms with Crippen molar-refractivity contribution in [1.29, 1.82) is 0 Å². The molecule has 2 saturated carbocycles. The van der Waals surface area contributed by atoms with E-state index in [1.807, 2.05) is 0 Å². The predicted octanol–water partition coefficient (Wildman–Crippen LogP) is 7.66. The van der Waals surface area contributed by atoms with E-state index in [0.29, 0.717) is 30.1 Å². The standard InChI is InChI=1S/C30H48O2/c1-20(2)9-8-10-21(19-31)22-13-17-30(7)24-11-12-25-27(3,4)26(32)15-16-28(25,5)23(24)14-18-29(22,30)6/h9,21-22,25,31H,8,10-19H2,1-7H3. The summed E-state index contributed by atoms with van der Waals surface area (Å²) in [5.74, 6) is 2.01. The van der Waals surface area contributed by atoms with Crippen LogP contribution in [0.1, 0.15) is 113 Å². The zero-order valence-corrected chi connectivity index (χ0v) is 21.9. The van der Waals surface area contributed by atoms with Gasteiger partial charge in [-0.1, -0.05) is 57.4 Å². The minimum absolute atomic E-state index is 0.182. The van der Waals surface area contributed by atoms with E-state index in [1.165, 1.54) is 44.1 Å². The molecule has 32 heavy (non-hydrogen) atoms. The number of aliphatic hydroxyl groups excluding tert-OH is 1. The van der Waals surface area contributed by atoms with E-state index in [2.05, 4.69) is 54.5 Å². The summed E-state index contributed by atoms with van der Waals surface area (Å²) in [5, 5.41) is 10.4. The normalized spacial score (nSPS) is 41.6. The molecular weight excluding hydrogens is 392 g/mol. The molecule has 6 atom stereocenters. The Morgan fingerprint density at radius 2 is 1.72 bits per heavy atom. The van der Waals surface area contributed by atoms with Crippen molar-refractivity contribution in [1.82, 2.24) is 0 Å². The van der Waals surface area contributed by atoms with Gasteiger partial charge in [-0.05, 0) is 106 Å². The molecule has 0 spiro atoms. The highest BCUT2D eigenvalue weighted by Gasteiger charge is 2.63. The maximum Gasteiger partial charge on any atom is 0.138 e. The molecule has 2 nitrogen and oxygen atoms in total. The third-order valence-corrected chi connectivity index (χ3v) is 11.5. The van der Waals surface area contributed by atoms with Crippen LogP contribution >= 0.6 is 0 Å². The van der Waals surface area contributed by atoms with Gasteiger partial charge in [0, 0.05) is 18.4 Å². The molecule has 0 radical (unpaired) electrons. The van der Waals surface area contributed by atoms with Crippen molar-refractivity contribution in [2.45, 2.75) is 113 Å². The van der Waals surface area contributed by atoms with Crippen molar-refractivity contribution in [3.63, 3.8) is 0 Å². The summed E-state index contributed by atoms with van der Waals surface area (Å²) in [6.07, 6.45) is 13.7. The van der Waals surface area contributed by atoms with Crippen LogP contribution in [-0.4, -0.2) is 17.5 Å². The Labute approximate surface area is 197 Å². The molecule has 0 heterocycles. The van der Waals surface area contributed by atoms with Gasteiger partial charge in [-0.25, -0.2) is 0 Å². The molecule has 4 aliphatic carbocycles. The van der Waals surface area contributed by atoms with Crippen LogP contribution in [0.2, 0.25) is 0 Å². The van der Waals surface area contributed by atoms with Gasteiger partial charge < -0.3 is 5.11 Å². The molecule has 0 aromatic rings. The van der Waals surface area contributed by atoms with E-state index < -0.39 is 0 Å². The second-order valence-electron chi connectivity index (χ2n) is 13.3. The molecular formula is C30H48O2. The van der Waals surface area contributed by atoms with E-state index in [0.717, 1.165) is 25.7 Å². The van der Waals surface area contributed by atoms with Gasteiger partial charge in [0.2, 0.25) is 0 Å². The predicted molar refractivity (Wildman–Crippen MR) is 133 cm³/mol. The van der Waals surface area contributed by atoms with Crippen molar-refractivity contribution >= 4 is 5.78 Å². The average molecular weight is 441 g/mol. The van der Waals surface area contributed by atoms with Gasteiger partial charge in [0.1, 0.15) is 5.78 Å². The Morgan fingerprint density at radius 1 is 1.00 bits per heavy atom. The Kier molecular flexibility index (Phi) is 6.14. The molecule has 4 aliphatic rings. The highest BCUT2D eigenvalue weighted by atomic mass is 16.3. The molecule has 0 aromatic carbocycles. The Morgan fingerprint density at radius 3 is 2.38 bits per heavy atom. The highest BCUT2D eigenvalue weighted by Crippen LogP contribution is 2.72. The Bertz CT molecular complexity index is 828. The summed E-state index contributed by atoms with van der Waals surface area (Å²) in [5.41, 5.74) is 5.47. The number of hydrogen-bond acceptors (Lipinski definition) is 2. The largest absolute Gasteiger partial charge is 0.396 e. The summed E-state index contributed by atoms with van der Waals surface area (Å²) in [7, 11) is 0. The van der Waals surface area contributed by atoms with Crippen LogP contribution in [0.15, 0.2) is 22.8 Å². The highest BCUT2D eigenvalue weighted by molar-refractivity contribution is 5.85. The number of carbonyl (C=O) groups excluding carboxylic acids is 1. The first-order chi connectivity index (χ1) is 14.9. The SMILES string of the molecule is CC(C)=CCCC(CO)C1CCC2(C)C3=C(CCC12C)C1(C)CCC(=O)C(C)(C)C1CC3. The molecule has 0 bridgehead atoms. The molecule has 0 aromatic heterocycles. The monoisotopic (exact) mass is 440 g/mol. The third-order valence-electron chi connectivity index (χ3n) is 11.5. The lowest BCUT2D eigenvalue weighted by atomic mass is 9.43. The van der Waals surface area contributed by atoms with Gasteiger partial charge in [-0.3, -0.25) is 4.79 Å². The summed E-state index contributed by atoms with van der Waals surface area (Å²) >= 11 is 0. The fourth-order valence-corrected chi connectivity index (χ4v) is 9.29. The van der Waals surface area contributed by atoms with Crippen LogP contribution in [0.5, 0.6) is 0 Å². The van der Waals surface area contributed by atoms with Crippen LogP contribution in [0.25, 0.3) is 0 Å². The van der Waals surface area contributed by atoms with Crippen molar-refractivity contribution < 1.29 is 9.90 Å². The average Bonchev–Trinajstić information content (AvgIpc) is 3.00. The van der Waals surface area contributed by atoms with Gasteiger partial charge >= 0.3 is 0 Å². The summed E-state index contributed by atoms with van der Waals surface area (Å²) in [6, 6.07) is 0. The Hall–Kier alpha value is -0.890. The lowest BCUT2D eigenvalue weighted by Crippen LogP contribution is -2.54. The second-order valence-corrected chi connectivity index (χ2v) is 13.3. The number of fused-ring (bicyclic) bond motifs is 4. The molecule has 6 unspecified atom stereocenters. The van der Waals surface area contributed by atoms with Gasteiger partial charge in [0.15, 0.2) is 0 Å². The fraction of sp³-hybridized carbons (Fsp3) is 0.833. The number of ketones is 1. The quantitative estimate of drug-likeness (QED) is 0.445. The number of allylic oxidation sites excluding steroid dienone is 4. The molecule has 4 rings (SSSR count). The van der Waals surface area contributed by atoms with Gasteiger partial charge in [-0.15, -0.1) is 0 Å². The van der Waals surface area contributed by atoms with E-state index in [-0.39, 0.29) is 21.7 Å². The first-order valence-electron chi connectivity index (χ1n) is 13.4. The van der Waals surface area contributed by atoms with Gasteiger partial charge in [0.25, 0.3) is 0 Å². The first kappa shape index (κ1) is 24.2. The van der Waals surface area contributed by atoms with Crippen molar-refractivity contribution in [3.05, 3.63) is 22.8 Å². The van der Waals surface area contributed by atoms with E-state index in [4.69, 9.17) is 0 Å². The number of Topliss-reactive ketones (excluding diaryl/α,β-unsaturated/α-hetero) is 1. The minimum atomic E-state index is -0.182. The lowest BCUT2D eigenvalue weighted by molar-refractivity contribution is -0.139. The number of carbonyl (C=O) groups is 1. The molecule has 2 fully saturated rings. The van der Waals surface area contributed by atoms with Gasteiger partial charge in [0.05, 0.1) is 0 Å². The maximum atomic E-state index is 12.8. The molecule has 180 valence electrons. The second kappa shape index (κ2) is 8.10. The summed E-state index contributed by atoms with van der Waals surface area (Å²) in [4.78, 5) is 12.8. The third kappa shape index (κ3) is 3.33. The molecule has 1 N–H and O–H groups in total. The number of aliphatic hydroxyl groups is 1. The molecule has 0 saturated heterocycles. The van der Waals surface area contributed by atoms with Crippen molar-refractivity contribution in [3.8, 4) is 0 Å². The maximum absolute atomic E-state index is 12.8. The molecule has 0 aliphatic heterocycles. The van der Waals surface area contributed by atoms with Crippen LogP contribution in [-0.2, 0) is 4.79 Å². The Balaban J connectivity index is 1.67. The zero-order chi connectivity index (χ0) is 23.5. The summed E-state index contributed by atoms with van der Waals surface area (Å²) in [6.45, 7) is 16.8. The zero-order valence-electron chi connectivity index (χ0n) is 21.9. The van der Waals surface area contributed by atoms with Crippen LogP contribution < -0.4 is 0 Å². The fourth-order valence-electron chi connectivity index (χ4n) is 9.29. The number of rotatable bonds is 5. The van der Waals surface area contributed by atoms with Crippen LogP contribution in [0, 0.1) is 39.4 Å². The number of hydrogen-bond donors (Lipinski definition) is 1. The minimum Gasteiger partial charge on any atom is -0.396 e. The topological polar surface area (TPSA) is 37.3 Å². The van der Waals surface area contributed by atoms with Crippen molar-refractivity contribution in [2.24, 2.45) is 39.4 Å². The smallest absolute Gasteiger partial charge is 0.138 e. The first-order valence-corrected chi connectivity index (χ1v) is 13.4. The molecule has 2 heteroatoms. The van der Waals surface area contributed by atoms with Crippen LogP contribution in [0.4, 0.5) is 0 Å². The lowest BCUT2D eigenvalue weighted by Gasteiger charge is -2.61. The van der Waals surface area contributed by atoms with E-state index in [1.54, 1.807) is 11.1 Å². The van der Waals surface area contributed by atoms with Gasteiger partial charge in [-0.2, -0.15) is 0 Å². The molecule has 0 amide bonds.